The van der Waals surface area contributed by atoms with Crippen molar-refractivity contribution in [2.75, 3.05) is 0 Å². The molecule has 1 aliphatic rings. The predicted molar refractivity (Wildman–Crippen MR) is 109 cm³/mol. The number of rotatable bonds is 3. The number of aromatic amines is 1. The van der Waals surface area contributed by atoms with E-state index in [2.05, 4.69) is 26.1 Å². The van der Waals surface area contributed by atoms with E-state index in [-0.39, 0.29) is 4.90 Å². The SMILES string of the molecule is O=S(=O)(c1ccc(C(F)(F)F)cc1)N1C=Cc2[nH]ncc2C1c1ccc(Cl)cc1Br. The summed E-state index contributed by atoms with van der Waals surface area (Å²) in [5.74, 6) is 0. The zero-order valence-electron chi connectivity index (χ0n) is 14.9. The molecule has 0 spiro atoms. The molecule has 0 saturated heterocycles. The second-order valence-corrected chi connectivity index (χ2v) is 9.61. The summed E-state index contributed by atoms with van der Waals surface area (Å²) in [7, 11) is -4.19. The molecule has 2 heterocycles. The predicted octanol–water partition coefficient (Wildman–Crippen LogP) is 5.61. The third-order valence-corrected chi connectivity index (χ3v) is 7.33. The molecule has 1 N–H and O–H groups in total. The molecule has 0 amide bonds. The number of nitrogens with one attached hydrogen (secondary N) is 1. The molecule has 0 radical (unpaired) electrons. The third kappa shape index (κ3) is 3.63. The maximum absolute atomic E-state index is 13.4. The lowest BCUT2D eigenvalue weighted by atomic mass is 9.97. The van der Waals surface area contributed by atoms with Gasteiger partial charge in [-0.3, -0.25) is 9.40 Å². The van der Waals surface area contributed by atoms with Gasteiger partial charge in [0.05, 0.1) is 28.4 Å². The van der Waals surface area contributed by atoms with E-state index in [1.165, 1.54) is 12.4 Å². The van der Waals surface area contributed by atoms with Crippen molar-refractivity contribution in [2.24, 2.45) is 0 Å². The van der Waals surface area contributed by atoms with Crippen LogP contribution in [0.4, 0.5) is 13.2 Å². The van der Waals surface area contributed by atoms with Crippen molar-refractivity contribution in [3.63, 3.8) is 0 Å². The highest BCUT2D eigenvalue weighted by molar-refractivity contribution is 9.10. The van der Waals surface area contributed by atoms with E-state index in [4.69, 9.17) is 11.6 Å². The van der Waals surface area contributed by atoms with Gasteiger partial charge in [0.25, 0.3) is 10.0 Å². The highest BCUT2D eigenvalue weighted by Gasteiger charge is 2.37. The van der Waals surface area contributed by atoms with E-state index < -0.39 is 27.8 Å². The molecule has 2 aromatic carbocycles. The summed E-state index contributed by atoms with van der Waals surface area (Å²) >= 11 is 9.44. The van der Waals surface area contributed by atoms with Crippen LogP contribution < -0.4 is 0 Å². The fraction of sp³-hybridized carbons (Fsp3) is 0.105. The Balaban J connectivity index is 1.83. The van der Waals surface area contributed by atoms with Gasteiger partial charge < -0.3 is 0 Å². The second-order valence-electron chi connectivity index (χ2n) is 6.48. The Hall–Kier alpha value is -2.30. The molecule has 1 unspecified atom stereocenters. The summed E-state index contributed by atoms with van der Waals surface area (Å²) in [5, 5.41) is 7.25. The highest BCUT2D eigenvalue weighted by Crippen LogP contribution is 2.42. The topological polar surface area (TPSA) is 66.1 Å². The van der Waals surface area contributed by atoms with E-state index in [0.29, 0.717) is 26.3 Å². The van der Waals surface area contributed by atoms with Gasteiger partial charge in [-0.1, -0.05) is 33.6 Å². The summed E-state index contributed by atoms with van der Waals surface area (Å²) < 4.78 is 67.0. The van der Waals surface area contributed by atoms with Crippen molar-refractivity contribution in [2.45, 2.75) is 17.1 Å². The number of H-pyrrole nitrogens is 1. The van der Waals surface area contributed by atoms with Crippen LogP contribution in [-0.4, -0.2) is 22.9 Å². The lowest BCUT2D eigenvalue weighted by molar-refractivity contribution is -0.137. The van der Waals surface area contributed by atoms with Crippen molar-refractivity contribution in [1.82, 2.24) is 14.5 Å². The van der Waals surface area contributed by atoms with Crippen molar-refractivity contribution in [3.05, 3.63) is 86.7 Å². The molecule has 4 rings (SSSR count). The summed E-state index contributed by atoms with van der Waals surface area (Å²) in [6.45, 7) is 0. The van der Waals surface area contributed by atoms with Crippen LogP contribution in [0.1, 0.15) is 28.4 Å². The first kappa shape index (κ1) is 21.0. The van der Waals surface area contributed by atoms with E-state index in [9.17, 15) is 21.6 Å². The average molecular weight is 519 g/mol. The lowest BCUT2D eigenvalue weighted by Gasteiger charge is -2.33. The largest absolute Gasteiger partial charge is 0.416 e. The number of halogens is 5. The van der Waals surface area contributed by atoms with E-state index >= 15 is 0 Å². The first-order chi connectivity index (χ1) is 14.1. The monoisotopic (exact) mass is 517 g/mol. The fourth-order valence-corrected chi connectivity index (χ4v) is 5.56. The number of benzene rings is 2. The molecule has 1 aliphatic heterocycles. The number of fused-ring (bicyclic) bond motifs is 1. The van der Waals surface area contributed by atoms with E-state index in [0.717, 1.165) is 28.6 Å². The van der Waals surface area contributed by atoms with Crippen molar-refractivity contribution >= 4 is 43.6 Å². The van der Waals surface area contributed by atoms with Gasteiger partial charge in [0.2, 0.25) is 0 Å². The van der Waals surface area contributed by atoms with Gasteiger partial charge in [-0.05, 0) is 48.0 Å². The van der Waals surface area contributed by atoms with Crippen molar-refractivity contribution < 1.29 is 21.6 Å². The van der Waals surface area contributed by atoms with Crippen LogP contribution in [0.25, 0.3) is 6.08 Å². The van der Waals surface area contributed by atoms with Crippen LogP contribution in [0.3, 0.4) is 0 Å². The fourth-order valence-electron chi connectivity index (χ4n) is 3.21. The van der Waals surface area contributed by atoms with Gasteiger partial charge in [-0.15, -0.1) is 0 Å². The second kappa shape index (κ2) is 7.44. The minimum atomic E-state index is -4.56. The van der Waals surface area contributed by atoms with Crippen molar-refractivity contribution in [1.29, 1.82) is 0 Å². The normalized spacial score (nSPS) is 16.6. The maximum atomic E-state index is 13.4. The van der Waals surface area contributed by atoms with Crippen molar-refractivity contribution in [3.8, 4) is 0 Å². The Bertz CT molecular complexity index is 1240. The van der Waals surface area contributed by atoms with Gasteiger partial charge in [-0.25, -0.2) is 8.42 Å². The van der Waals surface area contributed by atoms with Crippen LogP contribution >= 0.6 is 27.5 Å². The Labute approximate surface area is 183 Å². The van der Waals surface area contributed by atoms with Crippen LogP contribution in [0.5, 0.6) is 0 Å². The van der Waals surface area contributed by atoms with E-state index in [1.807, 2.05) is 0 Å². The molecule has 1 atom stereocenters. The number of nitrogens with zero attached hydrogens (tertiary/aromatic N) is 2. The van der Waals surface area contributed by atoms with Gasteiger partial charge in [0, 0.05) is 21.3 Å². The molecule has 3 aromatic rings. The Morgan fingerprint density at radius 1 is 1.10 bits per heavy atom. The number of aromatic nitrogens is 2. The van der Waals surface area contributed by atoms with Gasteiger partial charge >= 0.3 is 6.18 Å². The minimum absolute atomic E-state index is 0.262. The van der Waals surface area contributed by atoms with Crippen LogP contribution in [0, 0.1) is 0 Å². The first-order valence-electron chi connectivity index (χ1n) is 8.46. The quantitative estimate of drug-likeness (QED) is 0.490. The number of alkyl halides is 3. The number of sulfonamides is 1. The van der Waals surface area contributed by atoms with Crippen LogP contribution in [0.2, 0.25) is 5.02 Å². The summed E-state index contributed by atoms with van der Waals surface area (Å²) in [4.78, 5) is -0.262. The van der Waals surface area contributed by atoms with Gasteiger partial charge in [0.15, 0.2) is 0 Å². The standard InChI is InChI=1S/C19H12BrClF3N3O2S/c20-16-9-12(21)3-6-14(16)18-15-10-25-26-17(15)7-8-27(18)30(28,29)13-4-1-11(2-5-13)19(22,23)24/h1-10,18H,(H,25,26). The minimum Gasteiger partial charge on any atom is -0.278 e. The Morgan fingerprint density at radius 2 is 1.80 bits per heavy atom. The summed E-state index contributed by atoms with van der Waals surface area (Å²) in [5.41, 5.74) is 0.892. The number of hydrogen-bond acceptors (Lipinski definition) is 3. The Kier molecular flexibility index (Phi) is 5.19. The highest BCUT2D eigenvalue weighted by atomic mass is 79.9. The molecule has 0 fully saturated rings. The third-order valence-electron chi connectivity index (χ3n) is 4.65. The first-order valence-corrected chi connectivity index (χ1v) is 11.1. The smallest absolute Gasteiger partial charge is 0.278 e. The lowest BCUT2D eigenvalue weighted by Crippen LogP contribution is -2.33. The Morgan fingerprint density at radius 3 is 2.43 bits per heavy atom. The van der Waals surface area contributed by atoms with E-state index in [1.54, 1.807) is 24.3 Å². The van der Waals surface area contributed by atoms with Crippen LogP contribution in [0.15, 0.2) is 64.2 Å². The molecule has 156 valence electrons. The zero-order chi connectivity index (χ0) is 21.7. The maximum Gasteiger partial charge on any atom is 0.416 e. The average Bonchev–Trinajstić information content (AvgIpc) is 3.16. The van der Waals surface area contributed by atoms with Gasteiger partial charge in [-0.2, -0.15) is 18.3 Å². The zero-order valence-corrected chi connectivity index (χ0v) is 18.0. The molecule has 0 bridgehead atoms. The molecule has 11 heteroatoms. The summed E-state index contributed by atoms with van der Waals surface area (Å²) in [6, 6.07) is 7.54. The molecular weight excluding hydrogens is 507 g/mol. The molecular formula is C19H12BrClF3N3O2S. The molecule has 5 nitrogen and oxygen atoms in total. The van der Waals surface area contributed by atoms with Gasteiger partial charge in [0.1, 0.15) is 0 Å². The van der Waals surface area contributed by atoms with Crippen LogP contribution in [-0.2, 0) is 16.2 Å². The number of hydrogen-bond donors (Lipinski definition) is 1. The molecule has 0 aliphatic carbocycles. The molecule has 1 aromatic heterocycles. The molecule has 0 saturated carbocycles. The molecule has 30 heavy (non-hydrogen) atoms. The summed E-state index contributed by atoms with van der Waals surface area (Å²) in [6.07, 6.45) is -0.140.